The molecule has 3 rings (SSSR count). The van der Waals surface area contributed by atoms with Gasteiger partial charge in [0.05, 0.1) is 0 Å². The van der Waals surface area contributed by atoms with Gasteiger partial charge in [-0.3, -0.25) is 4.79 Å². The molecule has 2 heterocycles. The van der Waals surface area contributed by atoms with Gasteiger partial charge in [-0.2, -0.15) is 0 Å². The number of anilines is 2. The van der Waals surface area contributed by atoms with Crippen LogP contribution in [0.3, 0.4) is 0 Å². The molecule has 0 saturated carbocycles. The van der Waals surface area contributed by atoms with E-state index in [-0.39, 0.29) is 11.7 Å². The molecule has 1 aromatic heterocycles. The molecular weight excluding hydrogens is 297 g/mol. The normalized spacial score (nSPS) is 15.5. The van der Waals surface area contributed by atoms with Gasteiger partial charge in [0.25, 0.3) is 5.91 Å². The Kier molecular flexibility index (Phi) is 4.47. The second kappa shape index (κ2) is 6.70. The number of hydrogen-bond donors (Lipinski definition) is 1. The van der Waals surface area contributed by atoms with E-state index >= 15 is 0 Å². The quantitative estimate of drug-likeness (QED) is 0.935. The van der Waals surface area contributed by atoms with Crippen LogP contribution in [0.5, 0.6) is 0 Å². The number of hydrogen-bond acceptors (Lipinski definition) is 5. The fourth-order valence-electron chi connectivity index (χ4n) is 2.40. The van der Waals surface area contributed by atoms with Gasteiger partial charge < -0.3 is 15.1 Å². The molecule has 1 N–H and O–H groups in total. The summed E-state index contributed by atoms with van der Waals surface area (Å²) in [6, 6.07) is 7.56. The standard InChI is InChI=1S/C16H18FN5O/c1-21-6-8-22(9-7-21)16(23)14-10-15(19-11-18-14)20-13-4-2-12(17)3-5-13/h2-5,10-11H,6-9H2,1H3,(H,18,19,20). The molecule has 6 nitrogen and oxygen atoms in total. The largest absolute Gasteiger partial charge is 0.340 e. The van der Waals surface area contributed by atoms with E-state index in [1.165, 1.54) is 18.5 Å². The third-order valence-corrected chi connectivity index (χ3v) is 3.79. The lowest BCUT2D eigenvalue weighted by Gasteiger charge is -2.32. The highest BCUT2D eigenvalue weighted by atomic mass is 19.1. The SMILES string of the molecule is CN1CCN(C(=O)c2cc(Nc3ccc(F)cc3)ncn2)CC1. The first-order valence-corrected chi connectivity index (χ1v) is 7.44. The Labute approximate surface area is 134 Å². The van der Waals surface area contributed by atoms with Crippen molar-refractivity contribution in [2.75, 3.05) is 38.5 Å². The van der Waals surface area contributed by atoms with Crippen LogP contribution in [0.1, 0.15) is 10.5 Å². The van der Waals surface area contributed by atoms with Crippen molar-refractivity contribution in [1.29, 1.82) is 0 Å². The Balaban J connectivity index is 1.71. The van der Waals surface area contributed by atoms with Gasteiger partial charge in [0.2, 0.25) is 0 Å². The van der Waals surface area contributed by atoms with Crippen molar-refractivity contribution in [1.82, 2.24) is 19.8 Å². The Morgan fingerprint density at radius 2 is 1.83 bits per heavy atom. The van der Waals surface area contributed by atoms with Crippen LogP contribution in [0, 0.1) is 5.82 Å². The monoisotopic (exact) mass is 315 g/mol. The number of piperazine rings is 1. The average molecular weight is 315 g/mol. The Hall–Kier alpha value is -2.54. The van der Waals surface area contributed by atoms with Crippen LogP contribution in [0.25, 0.3) is 0 Å². The molecule has 0 unspecified atom stereocenters. The van der Waals surface area contributed by atoms with Crippen LogP contribution in [-0.4, -0.2) is 58.9 Å². The summed E-state index contributed by atoms with van der Waals surface area (Å²) >= 11 is 0. The number of benzene rings is 1. The van der Waals surface area contributed by atoms with Crippen molar-refractivity contribution in [3.63, 3.8) is 0 Å². The van der Waals surface area contributed by atoms with Gasteiger partial charge in [-0.1, -0.05) is 0 Å². The highest BCUT2D eigenvalue weighted by Gasteiger charge is 2.21. The van der Waals surface area contributed by atoms with Crippen molar-refractivity contribution >= 4 is 17.4 Å². The van der Waals surface area contributed by atoms with Gasteiger partial charge in [0.15, 0.2) is 0 Å². The number of nitrogens with zero attached hydrogens (tertiary/aromatic N) is 4. The first kappa shape index (κ1) is 15.4. The van der Waals surface area contributed by atoms with E-state index in [9.17, 15) is 9.18 Å². The lowest BCUT2D eigenvalue weighted by atomic mass is 10.2. The maximum atomic E-state index is 12.9. The summed E-state index contributed by atoms with van der Waals surface area (Å²) in [7, 11) is 2.04. The van der Waals surface area contributed by atoms with Crippen molar-refractivity contribution in [2.24, 2.45) is 0 Å². The predicted octanol–water partition coefficient (Wildman–Crippen LogP) is 1.75. The van der Waals surface area contributed by atoms with E-state index in [2.05, 4.69) is 20.2 Å². The summed E-state index contributed by atoms with van der Waals surface area (Å²) in [5, 5.41) is 3.04. The molecule has 0 radical (unpaired) electrons. The minimum Gasteiger partial charge on any atom is -0.340 e. The molecule has 1 saturated heterocycles. The van der Waals surface area contributed by atoms with Crippen molar-refractivity contribution in [3.8, 4) is 0 Å². The fourth-order valence-corrected chi connectivity index (χ4v) is 2.40. The number of likely N-dealkylation sites (N-methyl/N-ethyl adjacent to an activating group) is 1. The van der Waals surface area contributed by atoms with Crippen LogP contribution >= 0.6 is 0 Å². The minimum atomic E-state index is -0.302. The molecule has 0 bridgehead atoms. The Morgan fingerprint density at radius 1 is 1.13 bits per heavy atom. The molecule has 0 spiro atoms. The first-order valence-electron chi connectivity index (χ1n) is 7.44. The molecule has 120 valence electrons. The third kappa shape index (κ3) is 3.81. The zero-order chi connectivity index (χ0) is 16.2. The summed E-state index contributed by atoms with van der Waals surface area (Å²) in [6.07, 6.45) is 1.36. The summed E-state index contributed by atoms with van der Waals surface area (Å²) in [4.78, 5) is 24.7. The van der Waals surface area contributed by atoms with Crippen LogP contribution in [0.15, 0.2) is 36.7 Å². The molecule has 1 aliphatic rings. The second-order valence-electron chi connectivity index (χ2n) is 5.52. The molecule has 23 heavy (non-hydrogen) atoms. The summed E-state index contributed by atoms with van der Waals surface area (Å²) in [6.45, 7) is 3.11. The number of amides is 1. The molecule has 2 aromatic rings. The minimum absolute atomic E-state index is 0.0948. The molecule has 1 aliphatic heterocycles. The topological polar surface area (TPSA) is 61.4 Å². The summed E-state index contributed by atoms with van der Waals surface area (Å²) in [5.74, 6) is 0.107. The van der Waals surface area contributed by atoms with Crippen molar-refractivity contribution < 1.29 is 9.18 Å². The lowest BCUT2D eigenvalue weighted by molar-refractivity contribution is 0.0658. The third-order valence-electron chi connectivity index (χ3n) is 3.79. The van der Waals surface area contributed by atoms with Crippen molar-refractivity contribution in [3.05, 3.63) is 48.2 Å². The molecule has 0 atom stereocenters. The summed E-state index contributed by atoms with van der Waals surface area (Å²) in [5.41, 5.74) is 1.05. The van der Waals surface area contributed by atoms with Gasteiger partial charge >= 0.3 is 0 Å². The molecule has 1 aromatic carbocycles. The maximum Gasteiger partial charge on any atom is 0.272 e. The van der Waals surface area contributed by atoms with Gasteiger partial charge in [0, 0.05) is 37.9 Å². The number of carbonyl (C=O) groups is 1. The van der Waals surface area contributed by atoms with E-state index in [4.69, 9.17) is 0 Å². The van der Waals surface area contributed by atoms with Crippen LogP contribution < -0.4 is 5.32 Å². The lowest BCUT2D eigenvalue weighted by Crippen LogP contribution is -2.47. The van der Waals surface area contributed by atoms with Gasteiger partial charge in [0.1, 0.15) is 23.7 Å². The molecular formula is C16H18FN5O. The Bertz CT molecular complexity index is 683. The Morgan fingerprint density at radius 3 is 2.52 bits per heavy atom. The zero-order valence-corrected chi connectivity index (χ0v) is 12.9. The molecule has 0 aliphatic carbocycles. The van der Waals surface area contributed by atoms with E-state index in [0.717, 1.165) is 13.1 Å². The zero-order valence-electron chi connectivity index (χ0n) is 12.9. The van der Waals surface area contributed by atoms with E-state index < -0.39 is 0 Å². The number of halogens is 1. The number of rotatable bonds is 3. The van der Waals surface area contributed by atoms with Crippen LogP contribution in [-0.2, 0) is 0 Å². The van der Waals surface area contributed by atoms with Crippen LogP contribution in [0.2, 0.25) is 0 Å². The maximum absolute atomic E-state index is 12.9. The van der Waals surface area contributed by atoms with Gasteiger partial charge in [-0.25, -0.2) is 14.4 Å². The molecule has 7 heteroatoms. The fraction of sp³-hybridized carbons (Fsp3) is 0.312. The first-order chi connectivity index (χ1) is 11.1. The van der Waals surface area contributed by atoms with Gasteiger partial charge in [-0.05, 0) is 31.3 Å². The van der Waals surface area contributed by atoms with E-state index in [1.54, 1.807) is 23.1 Å². The van der Waals surface area contributed by atoms with Gasteiger partial charge in [-0.15, -0.1) is 0 Å². The van der Waals surface area contributed by atoms with E-state index in [1.807, 2.05) is 7.05 Å². The van der Waals surface area contributed by atoms with Crippen molar-refractivity contribution in [2.45, 2.75) is 0 Å². The second-order valence-corrected chi connectivity index (χ2v) is 5.52. The molecule has 1 amide bonds. The predicted molar refractivity (Wildman–Crippen MR) is 85.1 cm³/mol. The highest BCUT2D eigenvalue weighted by molar-refractivity contribution is 5.93. The summed E-state index contributed by atoms with van der Waals surface area (Å²) < 4.78 is 12.9. The van der Waals surface area contributed by atoms with Crippen LogP contribution in [0.4, 0.5) is 15.9 Å². The van der Waals surface area contributed by atoms with E-state index in [0.29, 0.717) is 30.3 Å². The molecule has 1 fully saturated rings. The highest BCUT2D eigenvalue weighted by Crippen LogP contribution is 2.16. The smallest absolute Gasteiger partial charge is 0.272 e. The number of nitrogens with one attached hydrogen (secondary N) is 1. The average Bonchev–Trinajstić information content (AvgIpc) is 2.57. The number of carbonyl (C=O) groups excluding carboxylic acids is 1. The number of aromatic nitrogens is 2.